The van der Waals surface area contributed by atoms with Crippen molar-refractivity contribution in [2.24, 2.45) is 0 Å². The van der Waals surface area contributed by atoms with E-state index in [2.05, 4.69) is 6.07 Å². The zero-order chi connectivity index (χ0) is 14.1. The minimum atomic E-state index is 0.317. The Balaban J connectivity index is 2.20. The van der Waals surface area contributed by atoms with Gasteiger partial charge in [-0.1, -0.05) is 6.42 Å². The molecule has 0 bridgehead atoms. The molecule has 0 aliphatic heterocycles. The minimum Gasteiger partial charge on any atom is -0.493 e. The molecule has 5 nitrogen and oxygen atoms in total. The SMILES string of the molecule is COc1cc2nc(C3CCC3)n(CC#N)c2cc1OC. The van der Waals surface area contributed by atoms with Gasteiger partial charge in [0.15, 0.2) is 11.5 Å². The third-order valence-corrected chi connectivity index (χ3v) is 3.98. The second-order valence-corrected chi connectivity index (χ2v) is 5.04. The Morgan fingerprint density at radius 3 is 2.55 bits per heavy atom. The van der Waals surface area contributed by atoms with E-state index in [0.717, 1.165) is 29.7 Å². The van der Waals surface area contributed by atoms with E-state index in [1.54, 1.807) is 14.2 Å². The Kier molecular flexibility index (Phi) is 3.23. The standard InChI is InChI=1S/C15H17N3O2/c1-19-13-8-11-12(9-14(13)20-2)18(7-6-16)15(17-11)10-4-3-5-10/h8-10H,3-5,7H2,1-2H3. The quantitative estimate of drug-likeness (QED) is 0.858. The van der Waals surface area contributed by atoms with E-state index in [0.29, 0.717) is 24.0 Å². The number of hydrogen-bond donors (Lipinski definition) is 0. The second kappa shape index (κ2) is 5.04. The molecule has 1 aromatic carbocycles. The van der Waals surface area contributed by atoms with E-state index in [-0.39, 0.29) is 0 Å². The largest absolute Gasteiger partial charge is 0.493 e. The summed E-state index contributed by atoms with van der Waals surface area (Å²) in [5.74, 6) is 2.83. The van der Waals surface area contributed by atoms with E-state index in [9.17, 15) is 0 Å². The van der Waals surface area contributed by atoms with Crippen molar-refractivity contribution in [3.8, 4) is 17.6 Å². The smallest absolute Gasteiger partial charge is 0.163 e. The maximum atomic E-state index is 9.07. The van der Waals surface area contributed by atoms with Crippen molar-refractivity contribution >= 4 is 11.0 Å². The summed E-state index contributed by atoms with van der Waals surface area (Å²) in [6, 6.07) is 6.01. The van der Waals surface area contributed by atoms with Gasteiger partial charge in [0.05, 0.1) is 31.3 Å². The zero-order valence-corrected chi connectivity index (χ0v) is 11.7. The summed E-state index contributed by atoms with van der Waals surface area (Å²) in [5, 5.41) is 9.07. The first-order chi connectivity index (χ1) is 9.78. The normalized spacial score (nSPS) is 14.8. The number of hydrogen-bond acceptors (Lipinski definition) is 4. The van der Waals surface area contributed by atoms with Gasteiger partial charge in [-0.05, 0) is 12.8 Å². The van der Waals surface area contributed by atoms with Gasteiger partial charge in [-0.2, -0.15) is 5.26 Å². The van der Waals surface area contributed by atoms with Crippen LogP contribution < -0.4 is 9.47 Å². The Morgan fingerprint density at radius 1 is 1.30 bits per heavy atom. The lowest BCUT2D eigenvalue weighted by Gasteiger charge is -2.25. The first-order valence-corrected chi connectivity index (χ1v) is 6.77. The Morgan fingerprint density at radius 2 is 2.00 bits per heavy atom. The molecule has 0 atom stereocenters. The number of ether oxygens (including phenoxy) is 2. The predicted octanol–water partition coefficient (Wildman–Crippen LogP) is 2.84. The first kappa shape index (κ1) is 12.8. The van der Waals surface area contributed by atoms with Gasteiger partial charge in [0, 0.05) is 18.1 Å². The zero-order valence-electron chi connectivity index (χ0n) is 11.7. The molecule has 0 radical (unpaired) electrons. The van der Waals surface area contributed by atoms with Crippen molar-refractivity contribution in [3.63, 3.8) is 0 Å². The number of benzene rings is 1. The van der Waals surface area contributed by atoms with Crippen molar-refractivity contribution in [2.45, 2.75) is 31.7 Å². The fourth-order valence-electron chi connectivity index (χ4n) is 2.69. The molecule has 0 saturated heterocycles. The average Bonchev–Trinajstić information content (AvgIpc) is 2.73. The van der Waals surface area contributed by atoms with Crippen LogP contribution in [0.15, 0.2) is 12.1 Å². The molecule has 0 spiro atoms. The Hall–Kier alpha value is -2.22. The van der Waals surface area contributed by atoms with Crippen LogP contribution in [-0.4, -0.2) is 23.8 Å². The summed E-state index contributed by atoms with van der Waals surface area (Å²) in [5.41, 5.74) is 1.80. The molecule has 1 aromatic heterocycles. The van der Waals surface area contributed by atoms with Gasteiger partial charge in [-0.3, -0.25) is 0 Å². The van der Waals surface area contributed by atoms with E-state index >= 15 is 0 Å². The van der Waals surface area contributed by atoms with Crippen molar-refractivity contribution in [2.75, 3.05) is 14.2 Å². The van der Waals surface area contributed by atoms with Crippen LogP contribution in [0, 0.1) is 11.3 Å². The van der Waals surface area contributed by atoms with Crippen molar-refractivity contribution in [3.05, 3.63) is 18.0 Å². The summed E-state index contributed by atoms with van der Waals surface area (Å²) in [4.78, 5) is 4.71. The highest BCUT2D eigenvalue weighted by Gasteiger charge is 2.26. The average molecular weight is 271 g/mol. The molecule has 104 valence electrons. The lowest BCUT2D eigenvalue weighted by atomic mass is 9.85. The van der Waals surface area contributed by atoms with Crippen LogP contribution >= 0.6 is 0 Å². The van der Waals surface area contributed by atoms with Crippen LogP contribution in [0.2, 0.25) is 0 Å². The molecule has 1 aliphatic carbocycles. The van der Waals surface area contributed by atoms with Gasteiger partial charge < -0.3 is 14.0 Å². The molecule has 0 unspecified atom stereocenters. The second-order valence-electron chi connectivity index (χ2n) is 5.04. The van der Waals surface area contributed by atoms with Gasteiger partial charge >= 0.3 is 0 Å². The maximum absolute atomic E-state index is 9.07. The van der Waals surface area contributed by atoms with Crippen molar-refractivity contribution < 1.29 is 9.47 Å². The Bertz CT molecular complexity index is 680. The molecule has 1 fully saturated rings. The number of imidazole rings is 1. The van der Waals surface area contributed by atoms with Crippen LogP contribution in [0.1, 0.15) is 31.0 Å². The van der Waals surface area contributed by atoms with Crippen LogP contribution in [0.4, 0.5) is 0 Å². The van der Waals surface area contributed by atoms with E-state index < -0.39 is 0 Å². The maximum Gasteiger partial charge on any atom is 0.163 e. The molecule has 1 heterocycles. The highest BCUT2D eigenvalue weighted by molar-refractivity contribution is 5.81. The summed E-state index contributed by atoms with van der Waals surface area (Å²) < 4.78 is 12.7. The first-order valence-electron chi connectivity index (χ1n) is 6.77. The molecule has 5 heteroatoms. The molecule has 3 rings (SSSR count). The van der Waals surface area contributed by atoms with Gasteiger partial charge in [-0.15, -0.1) is 0 Å². The summed E-state index contributed by atoms with van der Waals surface area (Å²) in [6.45, 7) is 0.317. The summed E-state index contributed by atoms with van der Waals surface area (Å²) >= 11 is 0. The van der Waals surface area contributed by atoms with E-state index in [4.69, 9.17) is 19.7 Å². The molecule has 0 N–H and O–H groups in total. The van der Waals surface area contributed by atoms with Gasteiger partial charge in [-0.25, -0.2) is 4.98 Å². The number of fused-ring (bicyclic) bond motifs is 1. The summed E-state index contributed by atoms with van der Waals surface area (Å²) in [6.07, 6.45) is 3.55. The van der Waals surface area contributed by atoms with Crippen molar-refractivity contribution in [1.82, 2.24) is 9.55 Å². The van der Waals surface area contributed by atoms with Crippen molar-refractivity contribution in [1.29, 1.82) is 5.26 Å². The number of rotatable bonds is 4. The molecule has 20 heavy (non-hydrogen) atoms. The van der Waals surface area contributed by atoms with Crippen LogP contribution in [0.25, 0.3) is 11.0 Å². The molecule has 1 saturated carbocycles. The summed E-state index contributed by atoms with van der Waals surface area (Å²) in [7, 11) is 3.23. The molecule has 2 aromatic rings. The number of methoxy groups -OCH3 is 2. The third kappa shape index (κ3) is 1.88. The van der Waals surface area contributed by atoms with Gasteiger partial charge in [0.2, 0.25) is 0 Å². The Labute approximate surface area is 117 Å². The van der Waals surface area contributed by atoms with E-state index in [1.807, 2.05) is 16.7 Å². The molecular formula is C15H17N3O2. The predicted molar refractivity (Wildman–Crippen MR) is 75.0 cm³/mol. The van der Waals surface area contributed by atoms with Gasteiger partial charge in [0.25, 0.3) is 0 Å². The monoisotopic (exact) mass is 271 g/mol. The molecule has 1 aliphatic rings. The van der Waals surface area contributed by atoms with Gasteiger partial charge in [0.1, 0.15) is 12.4 Å². The minimum absolute atomic E-state index is 0.317. The fourth-order valence-corrected chi connectivity index (χ4v) is 2.69. The lowest BCUT2D eigenvalue weighted by molar-refractivity contribution is 0.355. The van der Waals surface area contributed by atoms with E-state index in [1.165, 1.54) is 6.42 Å². The topological polar surface area (TPSA) is 60.1 Å². The highest BCUT2D eigenvalue weighted by Crippen LogP contribution is 2.39. The highest BCUT2D eigenvalue weighted by atomic mass is 16.5. The number of aromatic nitrogens is 2. The third-order valence-electron chi connectivity index (χ3n) is 3.98. The molecule has 0 amide bonds. The van der Waals surface area contributed by atoms with Crippen LogP contribution in [0.5, 0.6) is 11.5 Å². The number of nitrogens with zero attached hydrogens (tertiary/aromatic N) is 3. The van der Waals surface area contributed by atoms with Crippen LogP contribution in [0.3, 0.4) is 0 Å². The lowest BCUT2D eigenvalue weighted by Crippen LogP contribution is -2.15. The fraction of sp³-hybridized carbons (Fsp3) is 0.467. The van der Waals surface area contributed by atoms with Crippen LogP contribution in [-0.2, 0) is 6.54 Å². The molecular weight excluding hydrogens is 254 g/mol. The number of nitriles is 1.